The van der Waals surface area contributed by atoms with Gasteiger partial charge in [-0.2, -0.15) is 0 Å². The third-order valence-electron chi connectivity index (χ3n) is 3.72. The SMILES string of the molecule is CC(C)(C)OC(=O)N1CCCC1CNCc1ccc(Cl)cc1F. The zero-order valence-corrected chi connectivity index (χ0v) is 14.6. The van der Waals surface area contributed by atoms with Crippen molar-refractivity contribution in [2.24, 2.45) is 0 Å². The molecule has 1 atom stereocenters. The molecular weight excluding hydrogens is 319 g/mol. The lowest BCUT2D eigenvalue weighted by molar-refractivity contribution is 0.0226. The molecule has 1 aliphatic heterocycles. The molecule has 0 aliphatic carbocycles. The predicted molar refractivity (Wildman–Crippen MR) is 89.1 cm³/mol. The van der Waals surface area contributed by atoms with E-state index in [-0.39, 0.29) is 18.0 Å². The maximum Gasteiger partial charge on any atom is 0.410 e. The second-order valence-corrected chi connectivity index (χ2v) is 7.27. The third kappa shape index (κ3) is 5.36. The number of benzene rings is 1. The average molecular weight is 343 g/mol. The first kappa shape index (κ1) is 18.0. The maximum absolute atomic E-state index is 13.7. The van der Waals surface area contributed by atoms with E-state index in [0.29, 0.717) is 30.2 Å². The van der Waals surface area contributed by atoms with Gasteiger partial charge in [-0.1, -0.05) is 17.7 Å². The predicted octanol–water partition coefficient (Wildman–Crippen LogP) is 3.97. The van der Waals surface area contributed by atoms with E-state index in [0.717, 1.165) is 12.8 Å². The van der Waals surface area contributed by atoms with Gasteiger partial charge in [-0.25, -0.2) is 9.18 Å². The number of likely N-dealkylation sites (tertiary alicyclic amines) is 1. The molecule has 1 heterocycles. The van der Waals surface area contributed by atoms with Gasteiger partial charge in [0.05, 0.1) is 0 Å². The van der Waals surface area contributed by atoms with Gasteiger partial charge in [0.2, 0.25) is 0 Å². The van der Waals surface area contributed by atoms with Crippen LogP contribution in [0.15, 0.2) is 18.2 Å². The highest BCUT2D eigenvalue weighted by molar-refractivity contribution is 6.30. The van der Waals surface area contributed by atoms with E-state index >= 15 is 0 Å². The van der Waals surface area contributed by atoms with Gasteiger partial charge in [0, 0.05) is 36.3 Å². The highest BCUT2D eigenvalue weighted by Gasteiger charge is 2.31. The molecule has 1 amide bonds. The van der Waals surface area contributed by atoms with Gasteiger partial charge in [0.15, 0.2) is 0 Å². The molecule has 4 nitrogen and oxygen atoms in total. The summed E-state index contributed by atoms with van der Waals surface area (Å²) in [5.41, 5.74) is 0.0700. The van der Waals surface area contributed by atoms with Crippen LogP contribution in [0.1, 0.15) is 39.2 Å². The van der Waals surface area contributed by atoms with Gasteiger partial charge in [0.1, 0.15) is 11.4 Å². The molecule has 1 aromatic carbocycles. The van der Waals surface area contributed by atoms with E-state index in [4.69, 9.17) is 16.3 Å². The van der Waals surface area contributed by atoms with Crippen molar-refractivity contribution in [2.75, 3.05) is 13.1 Å². The summed E-state index contributed by atoms with van der Waals surface area (Å²) < 4.78 is 19.2. The van der Waals surface area contributed by atoms with Crippen LogP contribution >= 0.6 is 11.6 Å². The molecule has 0 aromatic heterocycles. The van der Waals surface area contributed by atoms with Crippen LogP contribution in [0.5, 0.6) is 0 Å². The summed E-state index contributed by atoms with van der Waals surface area (Å²) in [6.07, 6.45) is 1.61. The van der Waals surface area contributed by atoms with Crippen molar-refractivity contribution in [3.05, 3.63) is 34.6 Å². The summed E-state index contributed by atoms with van der Waals surface area (Å²) >= 11 is 5.74. The summed E-state index contributed by atoms with van der Waals surface area (Å²) in [6.45, 7) is 7.30. The number of amides is 1. The summed E-state index contributed by atoms with van der Waals surface area (Å²) in [4.78, 5) is 14.0. The number of halogens is 2. The lowest BCUT2D eigenvalue weighted by atomic mass is 10.2. The normalized spacial score (nSPS) is 18.3. The third-order valence-corrected chi connectivity index (χ3v) is 3.95. The van der Waals surface area contributed by atoms with Crippen LogP contribution in [-0.2, 0) is 11.3 Å². The van der Waals surface area contributed by atoms with E-state index < -0.39 is 5.60 Å². The van der Waals surface area contributed by atoms with Gasteiger partial charge < -0.3 is 15.0 Å². The Labute approximate surface area is 141 Å². The molecule has 1 N–H and O–H groups in total. The molecule has 128 valence electrons. The van der Waals surface area contributed by atoms with Crippen LogP contribution in [0.2, 0.25) is 5.02 Å². The summed E-state index contributed by atoms with van der Waals surface area (Å²) in [6, 6.07) is 4.73. The van der Waals surface area contributed by atoms with Gasteiger partial charge in [-0.05, 0) is 45.7 Å². The Morgan fingerprint density at radius 2 is 2.22 bits per heavy atom. The summed E-state index contributed by atoms with van der Waals surface area (Å²) in [5, 5.41) is 3.61. The van der Waals surface area contributed by atoms with E-state index in [2.05, 4.69) is 5.32 Å². The molecular formula is C17H24ClFN2O2. The first-order valence-electron chi connectivity index (χ1n) is 7.90. The fourth-order valence-electron chi connectivity index (χ4n) is 2.65. The number of carbonyl (C=O) groups is 1. The number of nitrogens with zero attached hydrogens (tertiary/aromatic N) is 1. The van der Waals surface area contributed by atoms with Crippen LogP contribution in [0.25, 0.3) is 0 Å². The van der Waals surface area contributed by atoms with E-state index in [1.807, 2.05) is 20.8 Å². The van der Waals surface area contributed by atoms with Gasteiger partial charge in [-0.15, -0.1) is 0 Å². The van der Waals surface area contributed by atoms with Crippen LogP contribution in [0.3, 0.4) is 0 Å². The molecule has 1 aliphatic rings. The molecule has 1 aromatic rings. The van der Waals surface area contributed by atoms with Crippen molar-refractivity contribution in [3.8, 4) is 0 Å². The number of hydrogen-bond acceptors (Lipinski definition) is 3. The molecule has 0 radical (unpaired) electrons. The lowest BCUT2D eigenvalue weighted by Crippen LogP contribution is -2.44. The molecule has 1 fully saturated rings. The molecule has 6 heteroatoms. The lowest BCUT2D eigenvalue weighted by Gasteiger charge is -2.28. The zero-order chi connectivity index (χ0) is 17.0. The number of rotatable bonds is 4. The summed E-state index contributed by atoms with van der Waals surface area (Å²) in [5.74, 6) is -0.319. The van der Waals surface area contributed by atoms with E-state index in [1.165, 1.54) is 6.07 Å². The molecule has 2 rings (SSSR count). The number of hydrogen-bond donors (Lipinski definition) is 1. The van der Waals surface area contributed by atoms with Crippen LogP contribution in [-0.4, -0.2) is 35.7 Å². The van der Waals surface area contributed by atoms with Crippen LogP contribution < -0.4 is 5.32 Å². The smallest absolute Gasteiger partial charge is 0.410 e. The van der Waals surface area contributed by atoms with Crippen molar-refractivity contribution in [1.29, 1.82) is 0 Å². The molecule has 0 saturated carbocycles. The minimum Gasteiger partial charge on any atom is -0.444 e. The number of nitrogens with one attached hydrogen (secondary N) is 1. The van der Waals surface area contributed by atoms with Crippen molar-refractivity contribution in [1.82, 2.24) is 10.2 Å². The van der Waals surface area contributed by atoms with E-state index in [1.54, 1.807) is 17.0 Å². The Hall–Kier alpha value is -1.33. The van der Waals surface area contributed by atoms with Gasteiger partial charge in [-0.3, -0.25) is 0 Å². The topological polar surface area (TPSA) is 41.6 Å². The molecule has 23 heavy (non-hydrogen) atoms. The Bertz CT molecular complexity index is 560. The second kappa shape index (κ2) is 7.49. The highest BCUT2D eigenvalue weighted by atomic mass is 35.5. The highest BCUT2D eigenvalue weighted by Crippen LogP contribution is 2.20. The Balaban J connectivity index is 1.85. The fourth-order valence-corrected chi connectivity index (χ4v) is 2.81. The molecule has 0 spiro atoms. The first-order valence-corrected chi connectivity index (χ1v) is 8.28. The average Bonchev–Trinajstić information content (AvgIpc) is 2.88. The van der Waals surface area contributed by atoms with Crippen molar-refractivity contribution in [2.45, 2.75) is 51.8 Å². The van der Waals surface area contributed by atoms with Crippen LogP contribution in [0.4, 0.5) is 9.18 Å². The first-order chi connectivity index (χ1) is 10.8. The fraction of sp³-hybridized carbons (Fsp3) is 0.588. The standard InChI is InChI=1S/C17H24ClFN2O2/c1-17(2,3)23-16(22)21-8-4-5-14(21)11-20-10-12-6-7-13(18)9-15(12)19/h6-7,9,14,20H,4-5,8,10-11H2,1-3H3. The Kier molecular flexibility index (Phi) is 5.87. The minimum absolute atomic E-state index is 0.0835. The monoisotopic (exact) mass is 342 g/mol. The Morgan fingerprint density at radius 3 is 2.87 bits per heavy atom. The van der Waals surface area contributed by atoms with Crippen LogP contribution in [0, 0.1) is 5.82 Å². The second-order valence-electron chi connectivity index (χ2n) is 6.84. The van der Waals surface area contributed by atoms with Crippen molar-refractivity contribution < 1.29 is 13.9 Å². The van der Waals surface area contributed by atoms with Crippen molar-refractivity contribution in [3.63, 3.8) is 0 Å². The maximum atomic E-state index is 13.7. The number of ether oxygens (including phenoxy) is 1. The Morgan fingerprint density at radius 1 is 1.48 bits per heavy atom. The molecule has 1 unspecified atom stereocenters. The molecule has 1 saturated heterocycles. The minimum atomic E-state index is -0.496. The quantitative estimate of drug-likeness (QED) is 0.900. The summed E-state index contributed by atoms with van der Waals surface area (Å²) in [7, 11) is 0. The molecule has 0 bridgehead atoms. The number of carbonyl (C=O) groups excluding carboxylic acids is 1. The van der Waals surface area contributed by atoms with Crippen molar-refractivity contribution >= 4 is 17.7 Å². The zero-order valence-electron chi connectivity index (χ0n) is 13.9. The van der Waals surface area contributed by atoms with Gasteiger partial charge in [0.25, 0.3) is 0 Å². The largest absolute Gasteiger partial charge is 0.444 e. The van der Waals surface area contributed by atoms with Gasteiger partial charge >= 0.3 is 6.09 Å². The van der Waals surface area contributed by atoms with E-state index in [9.17, 15) is 9.18 Å².